The van der Waals surface area contributed by atoms with Gasteiger partial charge in [-0.3, -0.25) is 0 Å². The van der Waals surface area contributed by atoms with Crippen molar-refractivity contribution in [2.75, 3.05) is 0 Å². The number of hydrogen-bond acceptors (Lipinski definition) is 6. The maximum absolute atomic E-state index is 10.4. The van der Waals surface area contributed by atoms with Crippen LogP contribution in [0, 0.1) is 0 Å². The van der Waals surface area contributed by atoms with Gasteiger partial charge in [-0.15, -0.1) is 0 Å². The number of aryl methyl sites for hydroxylation is 2. The predicted molar refractivity (Wildman–Crippen MR) is 180 cm³/mol. The molecule has 6 heteroatoms. The molecule has 6 nitrogen and oxygen atoms in total. The first kappa shape index (κ1) is 34.8. The van der Waals surface area contributed by atoms with Crippen molar-refractivity contribution in [3.63, 3.8) is 0 Å². The summed E-state index contributed by atoms with van der Waals surface area (Å²) in [6.45, 7) is 8.25. The van der Waals surface area contributed by atoms with E-state index in [2.05, 4.69) is 73.0 Å². The molecule has 0 saturated heterocycles. The van der Waals surface area contributed by atoms with Crippen LogP contribution in [0.1, 0.15) is 75.0 Å². The van der Waals surface area contributed by atoms with Gasteiger partial charge in [0, 0.05) is 24.2 Å². The fraction of sp³-hybridized carbons (Fsp3) is 0.368. The van der Waals surface area contributed by atoms with Crippen molar-refractivity contribution in [1.29, 1.82) is 0 Å². The molecule has 4 aromatic rings. The van der Waals surface area contributed by atoms with E-state index >= 15 is 0 Å². The summed E-state index contributed by atoms with van der Waals surface area (Å²) >= 11 is 0. The first-order chi connectivity index (χ1) is 21.1. The van der Waals surface area contributed by atoms with Crippen molar-refractivity contribution in [3.8, 4) is 11.5 Å². The van der Waals surface area contributed by atoms with E-state index < -0.39 is 12.2 Å². The molecule has 0 aliphatic heterocycles. The Morgan fingerprint density at radius 1 is 0.477 bits per heavy atom. The minimum atomic E-state index is -0.584. The summed E-state index contributed by atoms with van der Waals surface area (Å²) in [5.74, 6) is 0.431. The van der Waals surface area contributed by atoms with Crippen molar-refractivity contribution in [2.45, 2.75) is 89.8 Å². The Balaban J connectivity index is 0.000000240. The number of aromatic hydroxyl groups is 2. The van der Waals surface area contributed by atoms with Crippen LogP contribution in [-0.2, 0) is 12.8 Å². The van der Waals surface area contributed by atoms with Crippen molar-refractivity contribution in [1.82, 2.24) is 10.6 Å². The second kappa shape index (κ2) is 18.2. The van der Waals surface area contributed by atoms with E-state index in [4.69, 9.17) is 0 Å². The molecule has 0 spiro atoms. The van der Waals surface area contributed by atoms with Gasteiger partial charge in [-0.2, -0.15) is 0 Å². The zero-order valence-corrected chi connectivity index (χ0v) is 26.5. The molecule has 0 aliphatic rings. The van der Waals surface area contributed by atoms with Gasteiger partial charge >= 0.3 is 0 Å². The van der Waals surface area contributed by atoms with Gasteiger partial charge in [0.2, 0.25) is 0 Å². The quantitative estimate of drug-likeness (QED) is 0.0949. The van der Waals surface area contributed by atoms with Crippen LogP contribution in [0.5, 0.6) is 11.5 Å². The molecule has 0 fully saturated rings. The second-order valence-corrected chi connectivity index (χ2v) is 11.8. The van der Waals surface area contributed by atoms with Crippen molar-refractivity contribution in [3.05, 3.63) is 131 Å². The molecular weight excluding hydrogens is 548 g/mol. The average Bonchev–Trinajstić information content (AvgIpc) is 3.04. The van der Waals surface area contributed by atoms with Crippen LogP contribution in [0.25, 0.3) is 0 Å². The molecule has 6 atom stereocenters. The molecule has 0 heterocycles. The highest BCUT2D eigenvalue weighted by molar-refractivity contribution is 5.29. The van der Waals surface area contributed by atoms with Gasteiger partial charge in [-0.25, -0.2) is 0 Å². The third-order valence-corrected chi connectivity index (χ3v) is 7.93. The molecule has 4 aromatic carbocycles. The summed E-state index contributed by atoms with van der Waals surface area (Å²) < 4.78 is 0. The molecule has 236 valence electrons. The van der Waals surface area contributed by atoms with Crippen LogP contribution in [0.2, 0.25) is 0 Å². The van der Waals surface area contributed by atoms with Crippen LogP contribution >= 0.6 is 0 Å². The minimum Gasteiger partial charge on any atom is -0.508 e. The number of rotatable bonds is 14. The van der Waals surface area contributed by atoms with Gasteiger partial charge in [0.05, 0.1) is 12.2 Å². The molecule has 0 aliphatic carbocycles. The van der Waals surface area contributed by atoms with E-state index in [9.17, 15) is 20.4 Å². The molecule has 4 rings (SSSR count). The monoisotopic (exact) mass is 598 g/mol. The lowest BCUT2D eigenvalue weighted by Crippen LogP contribution is -2.38. The van der Waals surface area contributed by atoms with E-state index in [0.717, 1.165) is 36.8 Å². The highest BCUT2D eigenvalue weighted by atomic mass is 16.3. The first-order valence-electron chi connectivity index (χ1n) is 15.7. The molecule has 0 saturated carbocycles. The zero-order valence-electron chi connectivity index (χ0n) is 26.5. The van der Waals surface area contributed by atoms with Gasteiger partial charge < -0.3 is 31.1 Å². The summed E-state index contributed by atoms with van der Waals surface area (Å²) in [7, 11) is 0. The number of aliphatic hydroxyl groups is 2. The van der Waals surface area contributed by atoms with Crippen LogP contribution in [0.15, 0.2) is 109 Å². The molecule has 0 amide bonds. The highest BCUT2D eigenvalue weighted by Crippen LogP contribution is 2.21. The lowest BCUT2D eigenvalue weighted by atomic mass is 10.0. The Labute approximate surface area is 263 Å². The van der Waals surface area contributed by atoms with Crippen LogP contribution in [-0.4, -0.2) is 44.6 Å². The largest absolute Gasteiger partial charge is 0.508 e. The summed E-state index contributed by atoms with van der Waals surface area (Å²) in [5, 5.41) is 46.2. The van der Waals surface area contributed by atoms with Gasteiger partial charge in [-0.1, -0.05) is 84.9 Å². The number of nitrogens with one attached hydrogen (secondary N) is 2. The van der Waals surface area contributed by atoms with E-state index in [0.29, 0.717) is 12.1 Å². The predicted octanol–water partition coefficient (Wildman–Crippen LogP) is 6.85. The van der Waals surface area contributed by atoms with Crippen molar-refractivity contribution >= 4 is 0 Å². The number of benzene rings is 4. The van der Waals surface area contributed by atoms with E-state index in [1.807, 2.05) is 26.0 Å². The fourth-order valence-electron chi connectivity index (χ4n) is 5.22. The smallest absolute Gasteiger partial charge is 0.115 e. The normalized spacial score (nSPS) is 15.2. The molecule has 44 heavy (non-hydrogen) atoms. The number of phenols is 2. The maximum atomic E-state index is 10.4. The van der Waals surface area contributed by atoms with Gasteiger partial charge in [0.1, 0.15) is 11.5 Å². The third kappa shape index (κ3) is 12.1. The lowest BCUT2D eigenvalue weighted by Gasteiger charge is -2.25. The number of phenolic OH excluding ortho intramolecular Hbond substituents is 2. The Hall–Kier alpha value is -3.68. The Morgan fingerprint density at radius 3 is 1.11 bits per heavy atom. The zero-order chi connectivity index (χ0) is 31.9. The maximum Gasteiger partial charge on any atom is 0.115 e. The number of hydrogen-bond donors (Lipinski definition) is 6. The summed E-state index contributed by atoms with van der Waals surface area (Å²) in [6, 6.07) is 34.8. The van der Waals surface area contributed by atoms with Gasteiger partial charge in [0.25, 0.3) is 0 Å². The van der Waals surface area contributed by atoms with Crippen LogP contribution < -0.4 is 10.6 Å². The Bertz CT molecular complexity index is 1210. The van der Waals surface area contributed by atoms with Crippen molar-refractivity contribution < 1.29 is 20.4 Å². The topological polar surface area (TPSA) is 105 Å². The number of aliphatic hydroxyl groups excluding tert-OH is 2. The summed E-state index contributed by atoms with van der Waals surface area (Å²) in [4.78, 5) is 0. The van der Waals surface area contributed by atoms with E-state index in [1.54, 1.807) is 48.5 Å². The van der Waals surface area contributed by atoms with Crippen LogP contribution in [0.3, 0.4) is 0 Å². The van der Waals surface area contributed by atoms with Gasteiger partial charge in [0.15, 0.2) is 0 Å². The molecule has 0 radical (unpaired) electrons. The SMILES string of the molecule is CC(CCc1ccccc1)NC(C)C(O)c1ccc(O)cc1.CC(CCc1ccccc1)NC(C)C(O)c1ccc(O)cc1. The summed E-state index contributed by atoms with van der Waals surface area (Å²) in [6.07, 6.45) is 2.93. The van der Waals surface area contributed by atoms with E-state index in [-0.39, 0.29) is 23.6 Å². The average molecular weight is 599 g/mol. The van der Waals surface area contributed by atoms with Crippen LogP contribution in [0.4, 0.5) is 0 Å². The molecular formula is C38H50N2O4. The molecule has 6 unspecified atom stereocenters. The summed E-state index contributed by atoms with van der Waals surface area (Å²) in [5.41, 5.74) is 4.30. The van der Waals surface area contributed by atoms with E-state index in [1.165, 1.54) is 11.1 Å². The third-order valence-electron chi connectivity index (χ3n) is 7.93. The lowest BCUT2D eigenvalue weighted by molar-refractivity contribution is 0.129. The first-order valence-corrected chi connectivity index (χ1v) is 15.7. The Morgan fingerprint density at radius 2 is 0.795 bits per heavy atom. The fourth-order valence-corrected chi connectivity index (χ4v) is 5.22. The molecule has 0 aromatic heterocycles. The molecule has 6 N–H and O–H groups in total. The standard InChI is InChI=1S/2C19H25NO2/c2*1-14(8-9-16-6-4-3-5-7-16)20-15(2)19(22)17-10-12-18(21)13-11-17/h2*3-7,10-15,19-22H,8-9H2,1-2H3. The molecule has 0 bridgehead atoms. The second-order valence-electron chi connectivity index (χ2n) is 11.8. The Kier molecular flexibility index (Phi) is 14.4. The van der Waals surface area contributed by atoms with Gasteiger partial charge in [-0.05, 0) is 99.9 Å². The highest BCUT2D eigenvalue weighted by Gasteiger charge is 2.19. The van der Waals surface area contributed by atoms with Crippen molar-refractivity contribution in [2.24, 2.45) is 0 Å². The minimum absolute atomic E-state index is 0.0460.